The Bertz CT molecular complexity index is 1210. The lowest BCUT2D eigenvalue weighted by molar-refractivity contribution is 0.241. The van der Waals surface area contributed by atoms with Gasteiger partial charge in [0.1, 0.15) is 16.5 Å². The second-order valence-corrected chi connectivity index (χ2v) is 9.33. The molecule has 162 valence electrons. The monoisotopic (exact) mass is 529 g/mol. The first-order valence-corrected chi connectivity index (χ1v) is 11.4. The molecule has 3 rings (SSSR count). The molecule has 2 amide bonds. The fourth-order valence-corrected chi connectivity index (χ4v) is 4.83. The summed E-state index contributed by atoms with van der Waals surface area (Å²) < 4.78 is 54.7. The molecule has 1 aromatic heterocycles. The molecule has 3 aromatic rings. The summed E-state index contributed by atoms with van der Waals surface area (Å²) in [6.07, 6.45) is 1.42. The van der Waals surface area contributed by atoms with Crippen LogP contribution in [0.1, 0.15) is 17.3 Å². The number of benzene rings is 2. The summed E-state index contributed by atoms with van der Waals surface area (Å²) in [6, 6.07) is 9.96. The summed E-state index contributed by atoms with van der Waals surface area (Å²) in [5.74, 6) is -1.56. The zero-order valence-corrected chi connectivity index (χ0v) is 18.8. The predicted molar refractivity (Wildman–Crippen MR) is 115 cm³/mol. The van der Waals surface area contributed by atoms with Gasteiger partial charge >= 0.3 is 6.03 Å². The van der Waals surface area contributed by atoms with E-state index in [1.54, 1.807) is 18.2 Å². The van der Waals surface area contributed by atoms with Gasteiger partial charge in [0, 0.05) is 16.7 Å². The van der Waals surface area contributed by atoms with E-state index in [9.17, 15) is 22.0 Å². The second-order valence-electron chi connectivity index (χ2n) is 6.41. The number of urea groups is 1. The highest BCUT2D eigenvalue weighted by Crippen LogP contribution is 2.25. The Morgan fingerprint density at radius 1 is 1.10 bits per heavy atom. The number of pyridine rings is 1. The predicted octanol–water partition coefficient (Wildman–Crippen LogP) is 4.75. The second kappa shape index (κ2) is 9.71. The van der Waals surface area contributed by atoms with E-state index in [1.807, 2.05) is 4.72 Å². The van der Waals surface area contributed by atoms with Crippen molar-refractivity contribution in [2.75, 3.05) is 0 Å². The van der Waals surface area contributed by atoms with Crippen molar-refractivity contribution >= 4 is 43.6 Å². The van der Waals surface area contributed by atoms with Gasteiger partial charge in [-0.05, 0) is 64.3 Å². The summed E-state index contributed by atoms with van der Waals surface area (Å²) in [5.41, 5.74) is 0.590. The van der Waals surface area contributed by atoms with Crippen molar-refractivity contribution in [3.05, 3.63) is 93.2 Å². The molecule has 0 unspecified atom stereocenters. The zero-order chi connectivity index (χ0) is 22.6. The van der Waals surface area contributed by atoms with Gasteiger partial charge in [-0.3, -0.25) is 4.98 Å². The molecule has 1 heterocycles. The van der Waals surface area contributed by atoms with E-state index in [2.05, 4.69) is 26.2 Å². The highest BCUT2D eigenvalue weighted by atomic mass is 79.9. The van der Waals surface area contributed by atoms with Crippen molar-refractivity contribution in [1.82, 2.24) is 15.0 Å². The molecule has 0 bridgehead atoms. The van der Waals surface area contributed by atoms with E-state index in [4.69, 9.17) is 11.6 Å². The van der Waals surface area contributed by atoms with Crippen molar-refractivity contribution in [2.24, 2.45) is 0 Å². The van der Waals surface area contributed by atoms with Crippen molar-refractivity contribution < 1.29 is 22.0 Å². The molecule has 0 fully saturated rings. The van der Waals surface area contributed by atoms with Gasteiger partial charge in [-0.2, -0.15) is 0 Å². The third-order valence-corrected chi connectivity index (χ3v) is 6.64. The van der Waals surface area contributed by atoms with Gasteiger partial charge in [0.15, 0.2) is 0 Å². The normalized spacial score (nSPS) is 12.3. The molecule has 0 saturated carbocycles. The van der Waals surface area contributed by atoms with Gasteiger partial charge in [-0.15, -0.1) is 0 Å². The standard InChI is InChI=1S/C20H15BrClF2N3O3S/c21-15-4-3-7-25-19(15)17(10-12-8-13(23)11-14(24)9-12)26-20(28)27-31(29,30)18-6-2-1-5-16(18)22/h1-9,11,17H,10H2,(H2,26,27,28)/t17-/m0/s1. The van der Waals surface area contributed by atoms with Gasteiger partial charge in [-0.25, -0.2) is 26.7 Å². The highest BCUT2D eigenvalue weighted by Gasteiger charge is 2.24. The fraction of sp³-hybridized carbons (Fsp3) is 0.100. The molecule has 11 heteroatoms. The van der Waals surface area contributed by atoms with Crippen LogP contribution in [0.4, 0.5) is 13.6 Å². The van der Waals surface area contributed by atoms with Crippen molar-refractivity contribution in [1.29, 1.82) is 0 Å². The molecule has 0 saturated heterocycles. The molecule has 0 aliphatic heterocycles. The number of hydrogen-bond donors (Lipinski definition) is 2. The number of sulfonamides is 1. The molecular weight excluding hydrogens is 516 g/mol. The first kappa shape index (κ1) is 23.1. The number of hydrogen-bond acceptors (Lipinski definition) is 4. The summed E-state index contributed by atoms with van der Waals surface area (Å²) in [6.45, 7) is 0. The van der Waals surface area contributed by atoms with Crippen LogP contribution < -0.4 is 10.0 Å². The van der Waals surface area contributed by atoms with Gasteiger partial charge < -0.3 is 5.32 Å². The van der Waals surface area contributed by atoms with E-state index >= 15 is 0 Å². The summed E-state index contributed by atoms with van der Waals surface area (Å²) in [4.78, 5) is 16.5. The SMILES string of the molecule is O=C(N[C@@H](Cc1cc(F)cc(F)c1)c1ncccc1Br)NS(=O)(=O)c1ccccc1Cl. The average molecular weight is 531 g/mol. The summed E-state index contributed by atoms with van der Waals surface area (Å²) in [7, 11) is -4.26. The molecular formula is C20H15BrClF2N3O3S. The lowest BCUT2D eigenvalue weighted by Gasteiger charge is -2.20. The summed E-state index contributed by atoms with van der Waals surface area (Å²) >= 11 is 9.23. The van der Waals surface area contributed by atoms with Gasteiger partial charge in [0.2, 0.25) is 0 Å². The Hall–Kier alpha value is -2.56. The first-order valence-electron chi connectivity index (χ1n) is 8.79. The Kier molecular flexibility index (Phi) is 7.24. The van der Waals surface area contributed by atoms with Crippen LogP contribution in [0, 0.1) is 11.6 Å². The van der Waals surface area contributed by atoms with Crippen molar-refractivity contribution in [2.45, 2.75) is 17.4 Å². The van der Waals surface area contributed by atoms with Crippen molar-refractivity contribution in [3.63, 3.8) is 0 Å². The molecule has 1 atom stereocenters. The first-order chi connectivity index (χ1) is 14.7. The molecule has 2 N–H and O–H groups in total. The van der Waals surface area contributed by atoms with Crippen LogP contribution in [-0.2, 0) is 16.4 Å². The molecule has 0 aliphatic rings. The van der Waals surface area contributed by atoms with Crippen LogP contribution in [0.2, 0.25) is 5.02 Å². The average Bonchev–Trinajstić information content (AvgIpc) is 2.67. The number of aromatic nitrogens is 1. The summed E-state index contributed by atoms with van der Waals surface area (Å²) in [5, 5.41) is 2.44. The van der Waals surface area contributed by atoms with Crippen LogP contribution in [0.5, 0.6) is 0 Å². The minimum Gasteiger partial charge on any atom is -0.329 e. The van der Waals surface area contributed by atoms with Crippen LogP contribution in [0.3, 0.4) is 0 Å². The number of amides is 2. The Morgan fingerprint density at radius 2 is 1.77 bits per heavy atom. The maximum atomic E-state index is 13.6. The van der Waals surface area contributed by atoms with Crippen LogP contribution >= 0.6 is 27.5 Å². The Morgan fingerprint density at radius 3 is 2.42 bits per heavy atom. The third kappa shape index (κ3) is 5.99. The number of carbonyl (C=O) groups is 1. The van der Waals surface area contributed by atoms with Gasteiger partial charge in [-0.1, -0.05) is 23.7 Å². The molecule has 2 aromatic carbocycles. The van der Waals surface area contributed by atoms with Crippen molar-refractivity contribution in [3.8, 4) is 0 Å². The largest absolute Gasteiger partial charge is 0.329 e. The molecule has 6 nitrogen and oxygen atoms in total. The molecule has 31 heavy (non-hydrogen) atoms. The van der Waals surface area contributed by atoms with E-state index in [0.717, 1.165) is 18.2 Å². The van der Waals surface area contributed by atoms with Crippen LogP contribution in [0.15, 0.2) is 70.2 Å². The fourth-order valence-electron chi connectivity index (χ4n) is 2.86. The van der Waals surface area contributed by atoms with Gasteiger partial charge in [0.05, 0.1) is 16.8 Å². The lowest BCUT2D eigenvalue weighted by atomic mass is 10.0. The Balaban J connectivity index is 1.87. The highest BCUT2D eigenvalue weighted by molar-refractivity contribution is 9.10. The third-order valence-electron chi connectivity index (χ3n) is 4.14. The molecule has 0 aliphatic carbocycles. The number of carbonyl (C=O) groups excluding carboxylic acids is 1. The van der Waals surface area contributed by atoms with Crippen LogP contribution in [-0.4, -0.2) is 19.4 Å². The smallest absolute Gasteiger partial charge is 0.329 e. The minimum atomic E-state index is -4.26. The lowest BCUT2D eigenvalue weighted by Crippen LogP contribution is -2.42. The van der Waals surface area contributed by atoms with E-state index < -0.39 is 33.7 Å². The van der Waals surface area contributed by atoms with Crippen LogP contribution in [0.25, 0.3) is 0 Å². The quantitative estimate of drug-likeness (QED) is 0.482. The Labute approximate surface area is 190 Å². The van der Waals surface area contributed by atoms with Gasteiger partial charge in [0.25, 0.3) is 10.0 Å². The maximum Gasteiger partial charge on any atom is 0.329 e. The van der Waals surface area contributed by atoms with E-state index in [1.165, 1.54) is 24.4 Å². The van der Waals surface area contributed by atoms with E-state index in [0.29, 0.717) is 10.2 Å². The topological polar surface area (TPSA) is 88.2 Å². The number of rotatable bonds is 6. The number of halogens is 4. The number of nitrogens with zero attached hydrogens (tertiary/aromatic N) is 1. The molecule has 0 spiro atoms. The van der Waals surface area contributed by atoms with E-state index in [-0.39, 0.29) is 21.9 Å². The minimum absolute atomic E-state index is 0.0517. The number of nitrogens with one attached hydrogen (secondary N) is 2. The molecule has 0 radical (unpaired) electrons. The zero-order valence-electron chi connectivity index (χ0n) is 15.7. The maximum absolute atomic E-state index is 13.6.